The molecule has 5 nitrogen and oxygen atoms in total. The van der Waals surface area contributed by atoms with Crippen LogP contribution in [0.4, 0.5) is 0 Å². The van der Waals surface area contributed by atoms with Crippen LogP contribution in [0.2, 0.25) is 0 Å². The molecule has 28 heavy (non-hydrogen) atoms. The molecule has 0 atom stereocenters. The van der Waals surface area contributed by atoms with E-state index < -0.39 is 11.6 Å². The minimum atomic E-state index is -0.528. The molecule has 1 aromatic heterocycles. The first-order chi connectivity index (χ1) is 13.6. The maximum atomic E-state index is 12.4. The molecule has 0 unspecified atom stereocenters. The van der Waals surface area contributed by atoms with Gasteiger partial charge in [-0.2, -0.15) is 0 Å². The molecule has 0 aliphatic carbocycles. The topological polar surface area (TPSA) is 65.7 Å². The number of carbonyl (C=O) groups excluding carboxylic acids is 1. The van der Waals surface area contributed by atoms with E-state index in [0.717, 1.165) is 16.5 Å². The lowest BCUT2D eigenvalue weighted by Gasteiger charge is -2.09. The highest BCUT2D eigenvalue weighted by molar-refractivity contribution is 5.95. The first-order valence-corrected chi connectivity index (χ1v) is 8.63. The molecule has 0 fully saturated rings. The van der Waals surface area contributed by atoms with Crippen LogP contribution in [0, 0.1) is 0 Å². The van der Waals surface area contributed by atoms with Crippen LogP contribution in [0.1, 0.15) is 10.4 Å². The summed E-state index contributed by atoms with van der Waals surface area (Å²) in [6.07, 6.45) is 0. The van der Waals surface area contributed by atoms with E-state index in [0.29, 0.717) is 16.9 Å². The molecule has 0 aliphatic rings. The lowest BCUT2D eigenvalue weighted by atomic mass is 10.0. The Morgan fingerprint density at radius 1 is 0.857 bits per heavy atom. The second-order valence-corrected chi connectivity index (χ2v) is 6.12. The average Bonchev–Trinajstić information content (AvgIpc) is 2.73. The summed E-state index contributed by atoms with van der Waals surface area (Å²) in [5.41, 5.74) is 1.91. The number of hydrogen-bond donors (Lipinski definition) is 0. The molecule has 0 saturated heterocycles. The van der Waals surface area contributed by atoms with Gasteiger partial charge in [-0.1, -0.05) is 36.4 Å². The lowest BCUT2D eigenvalue weighted by Crippen LogP contribution is -2.08. The van der Waals surface area contributed by atoms with Crippen molar-refractivity contribution >= 4 is 16.9 Å². The highest BCUT2D eigenvalue weighted by Gasteiger charge is 2.13. The van der Waals surface area contributed by atoms with Gasteiger partial charge in [0.05, 0.1) is 12.7 Å². The van der Waals surface area contributed by atoms with Crippen LogP contribution < -0.4 is 15.1 Å². The van der Waals surface area contributed by atoms with E-state index in [1.807, 2.05) is 30.3 Å². The number of ether oxygens (including phenoxy) is 2. The average molecular weight is 372 g/mol. The van der Waals surface area contributed by atoms with E-state index in [9.17, 15) is 9.59 Å². The van der Waals surface area contributed by atoms with Crippen LogP contribution in [-0.2, 0) is 0 Å². The Bertz CT molecular complexity index is 1210. The highest BCUT2D eigenvalue weighted by atomic mass is 16.5. The van der Waals surface area contributed by atoms with Crippen molar-refractivity contribution in [3.05, 3.63) is 94.8 Å². The Hall–Kier alpha value is -3.86. The summed E-state index contributed by atoms with van der Waals surface area (Å²) in [7, 11) is 1.53. The van der Waals surface area contributed by atoms with Crippen molar-refractivity contribution in [1.82, 2.24) is 0 Å². The normalized spacial score (nSPS) is 10.6. The van der Waals surface area contributed by atoms with E-state index >= 15 is 0 Å². The molecule has 3 aromatic carbocycles. The fourth-order valence-electron chi connectivity index (χ4n) is 2.98. The number of hydrogen-bond acceptors (Lipinski definition) is 5. The van der Waals surface area contributed by atoms with Crippen LogP contribution in [-0.4, -0.2) is 13.1 Å². The molecule has 4 rings (SSSR count). The minimum absolute atomic E-state index is 0.286. The first kappa shape index (κ1) is 17.5. The van der Waals surface area contributed by atoms with E-state index in [2.05, 4.69) is 0 Å². The lowest BCUT2D eigenvalue weighted by molar-refractivity contribution is 0.0734. The van der Waals surface area contributed by atoms with Crippen LogP contribution in [0.15, 0.2) is 88.1 Å². The third-order valence-corrected chi connectivity index (χ3v) is 4.32. The Morgan fingerprint density at radius 2 is 1.68 bits per heavy atom. The van der Waals surface area contributed by atoms with Gasteiger partial charge in [-0.25, -0.2) is 9.59 Å². The Labute approximate surface area is 160 Å². The molecule has 5 heteroatoms. The molecule has 1 heterocycles. The fourth-order valence-corrected chi connectivity index (χ4v) is 2.98. The van der Waals surface area contributed by atoms with Crippen molar-refractivity contribution < 1.29 is 18.7 Å². The zero-order chi connectivity index (χ0) is 19.5. The molecule has 0 bridgehead atoms. The molecule has 0 N–H and O–H groups in total. The van der Waals surface area contributed by atoms with Gasteiger partial charge in [0.25, 0.3) is 0 Å². The van der Waals surface area contributed by atoms with Crippen LogP contribution >= 0.6 is 0 Å². The maximum absolute atomic E-state index is 12.4. The zero-order valence-corrected chi connectivity index (χ0v) is 15.0. The summed E-state index contributed by atoms with van der Waals surface area (Å²) in [5.74, 6) is 0.319. The zero-order valence-electron chi connectivity index (χ0n) is 15.0. The summed E-state index contributed by atoms with van der Waals surface area (Å²) in [5, 5.41) is 0.756. The molecular formula is C23H16O5. The Kier molecular flexibility index (Phi) is 4.64. The second kappa shape index (κ2) is 7.40. The number of carbonyl (C=O) groups is 1. The summed E-state index contributed by atoms with van der Waals surface area (Å²) < 4.78 is 15.9. The molecule has 4 aromatic rings. The standard InChI is InChI=1S/C23H16O5/c1-26-17-9-5-8-16(12-17)23(25)27-18-10-11-19-20(15-6-3-2-4-7-15)14-22(24)28-21(19)13-18/h2-14H,1H3. The fraction of sp³-hybridized carbons (Fsp3) is 0.0435. The van der Waals surface area contributed by atoms with Crippen LogP contribution in [0.3, 0.4) is 0 Å². The van der Waals surface area contributed by atoms with Gasteiger partial charge in [-0.05, 0) is 41.5 Å². The highest BCUT2D eigenvalue weighted by Crippen LogP contribution is 2.30. The maximum Gasteiger partial charge on any atom is 0.343 e. The molecule has 0 radical (unpaired) electrons. The number of benzene rings is 3. The van der Waals surface area contributed by atoms with Gasteiger partial charge in [-0.15, -0.1) is 0 Å². The Morgan fingerprint density at radius 3 is 2.46 bits per heavy atom. The van der Waals surface area contributed by atoms with Gasteiger partial charge in [0.15, 0.2) is 0 Å². The van der Waals surface area contributed by atoms with Gasteiger partial charge in [0.1, 0.15) is 17.1 Å². The summed E-state index contributed by atoms with van der Waals surface area (Å²) in [6.45, 7) is 0. The molecule has 138 valence electrons. The number of methoxy groups -OCH3 is 1. The van der Waals surface area contributed by atoms with Gasteiger partial charge >= 0.3 is 11.6 Å². The molecule has 0 amide bonds. The first-order valence-electron chi connectivity index (χ1n) is 8.63. The molecule has 0 spiro atoms. The van der Waals surface area contributed by atoms with Crippen LogP contribution in [0.5, 0.6) is 11.5 Å². The van der Waals surface area contributed by atoms with Crippen molar-refractivity contribution in [2.75, 3.05) is 7.11 Å². The van der Waals surface area contributed by atoms with Crippen molar-refractivity contribution in [3.8, 4) is 22.6 Å². The van der Waals surface area contributed by atoms with Crippen LogP contribution in [0.25, 0.3) is 22.1 Å². The predicted octanol–water partition coefficient (Wildman–Crippen LogP) is 4.69. The predicted molar refractivity (Wildman–Crippen MR) is 106 cm³/mol. The second-order valence-electron chi connectivity index (χ2n) is 6.12. The number of esters is 1. The van der Waals surface area contributed by atoms with Gasteiger partial charge in [0, 0.05) is 17.5 Å². The summed E-state index contributed by atoms with van der Waals surface area (Å²) >= 11 is 0. The van der Waals surface area contributed by atoms with Crippen molar-refractivity contribution in [1.29, 1.82) is 0 Å². The van der Waals surface area contributed by atoms with Crippen molar-refractivity contribution in [3.63, 3.8) is 0 Å². The van der Waals surface area contributed by atoms with Gasteiger partial charge < -0.3 is 13.9 Å². The number of fused-ring (bicyclic) bond motifs is 1. The molecular weight excluding hydrogens is 356 g/mol. The summed E-state index contributed by atoms with van der Waals surface area (Å²) in [4.78, 5) is 24.4. The van der Waals surface area contributed by atoms with E-state index in [1.54, 1.807) is 42.5 Å². The minimum Gasteiger partial charge on any atom is -0.497 e. The molecule has 0 aliphatic heterocycles. The third-order valence-electron chi connectivity index (χ3n) is 4.32. The van der Waals surface area contributed by atoms with Gasteiger partial charge in [0.2, 0.25) is 0 Å². The van der Waals surface area contributed by atoms with E-state index in [1.165, 1.54) is 13.2 Å². The van der Waals surface area contributed by atoms with Crippen molar-refractivity contribution in [2.24, 2.45) is 0 Å². The smallest absolute Gasteiger partial charge is 0.343 e. The quantitative estimate of drug-likeness (QED) is 0.295. The summed E-state index contributed by atoms with van der Waals surface area (Å²) in [6, 6.07) is 22.7. The third kappa shape index (κ3) is 3.50. The Balaban J connectivity index is 1.70. The SMILES string of the molecule is COc1cccc(C(=O)Oc2ccc3c(-c4ccccc4)cc(=O)oc3c2)c1. The van der Waals surface area contributed by atoms with Crippen molar-refractivity contribution in [2.45, 2.75) is 0 Å². The van der Waals surface area contributed by atoms with Gasteiger partial charge in [-0.3, -0.25) is 0 Å². The molecule has 0 saturated carbocycles. The van der Waals surface area contributed by atoms with E-state index in [4.69, 9.17) is 13.9 Å². The monoisotopic (exact) mass is 372 g/mol. The van der Waals surface area contributed by atoms with E-state index in [-0.39, 0.29) is 5.75 Å². The largest absolute Gasteiger partial charge is 0.497 e. The number of rotatable bonds is 4.